The molecule has 18 heavy (non-hydrogen) atoms. The number of aromatic nitrogens is 3. The van der Waals surface area contributed by atoms with Crippen molar-refractivity contribution in [1.29, 1.82) is 0 Å². The van der Waals surface area contributed by atoms with Gasteiger partial charge in [0, 0.05) is 10.9 Å². The largest absolute Gasteiger partial charge is 0.191 e. The highest BCUT2D eigenvalue weighted by Crippen LogP contribution is 2.32. The topological polar surface area (TPSA) is 38.7 Å². The molecule has 0 radical (unpaired) electrons. The van der Waals surface area contributed by atoms with E-state index in [2.05, 4.69) is 44.3 Å². The molecular formula is C13H7N3S2. The van der Waals surface area contributed by atoms with Crippen LogP contribution >= 0.6 is 23.1 Å². The molecule has 0 unspecified atom stereocenters. The number of hydrogen-bond acceptors (Lipinski definition) is 5. The van der Waals surface area contributed by atoms with E-state index >= 15 is 0 Å². The average molecular weight is 269 g/mol. The Morgan fingerprint density at radius 1 is 0.889 bits per heavy atom. The Kier molecular flexibility index (Phi) is 2.15. The third-order valence-electron chi connectivity index (χ3n) is 2.90. The zero-order valence-corrected chi connectivity index (χ0v) is 10.8. The lowest BCUT2D eigenvalue weighted by Gasteiger charge is -1.97. The van der Waals surface area contributed by atoms with Gasteiger partial charge in [-0.2, -0.15) is 4.37 Å². The number of rotatable bonds is 1. The van der Waals surface area contributed by atoms with Crippen molar-refractivity contribution in [2.75, 3.05) is 0 Å². The Labute approximate surface area is 111 Å². The van der Waals surface area contributed by atoms with Gasteiger partial charge in [0.05, 0.1) is 15.1 Å². The lowest BCUT2D eigenvalue weighted by Crippen LogP contribution is -1.78. The van der Waals surface area contributed by atoms with Crippen molar-refractivity contribution in [1.82, 2.24) is 14.0 Å². The Hall–Kier alpha value is -1.85. The van der Waals surface area contributed by atoms with Gasteiger partial charge in [0.15, 0.2) is 0 Å². The van der Waals surface area contributed by atoms with E-state index in [0.29, 0.717) is 0 Å². The zero-order chi connectivity index (χ0) is 11.9. The van der Waals surface area contributed by atoms with Crippen LogP contribution in [0.4, 0.5) is 0 Å². The van der Waals surface area contributed by atoms with Crippen molar-refractivity contribution in [3.05, 3.63) is 42.5 Å². The summed E-state index contributed by atoms with van der Waals surface area (Å²) in [6.45, 7) is 0. The van der Waals surface area contributed by atoms with Crippen LogP contribution in [-0.4, -0.2) is 14.0 Å². The van der Waals surface area contributed by atoms with Crippen molar-refractivity contribution in [2.24, 2.45) is 0 Å². The summed E-state index contributed by atoms with van der Waals surface area (Å²) in [5.41, 5.74) is 3.08. The first-order valence-corrected chi connectivity index (χ1v) is 7.03. The highest BCUT2D eigenvalue weighted by molar-refractivity contribution is 7.13. The van der Waals surface area contributed by atoms with Crippen molar-refractivity contribution in [2.45, 2.75) is 0 Å². The van der Waals surface area contributed by atoms with E-state index in [0.717, 1.165) is 21.5 Å². The molecule has 0 spiro atoms. The van der Waals surface area contributed by atoms with Crippen LogP contribution < -0.4 is 0 Å². The maximum atomic E-state index is 4.55. The van der Waals surface area contributed by atoms with Crippen LogP contribution in [0.3, 0.4) is 0 Å². The Morgan fingerprint density at radius 3 is 2.83 bits per heavy atom. The molecule has 86 valence electrons. The number of hydrogen-bond donors (Lipinski definition) is 0. The summed E-state index contributed by atoms with van der Waals surface area (Å²) in [4.78, 5) is 0. The van der Waals surface area contributed by atoms with Crippen LogP contribution in [0.1, 0.15) is 0 Å². The van der Waals surface area contributed by atoms with Gasteiger partial charge in [-0.1, -0.05) is 28.8 Å². The first kappa shape index (κ1) is 10.1. The summed E-state index contributed by atoms with van der Waals surface area (Å²) >= 11 is 2.95. The fourth-order valence-corrected chi connectivity index (χ4v) is 3.36. The van der Waals surface area contributed by atoms with Crippen molar-refractivity contribution in [3.8, 4) is 11.3 Å². The molecule has 0 fully saturated rings. The van der Waals surface area contributed by atoms with Crippen LogP contribution in [0.5, 0.6) is 0 Å². The van der Waals surface area contributed by atoms with Crippen molar-refractivity contribution < 1.29 is 0 Å². The third kappa shape index (κ3) is 1.45. The number of fused-ring (bicyclic) bond motifs is 2. The second kappa shape index (κ2) is 3.83. The van der Waals surface area contributed by atoms with Crippen LogP contribution in [0.2, 0.25) is 0 Å². The summed E-state index contributed by atoms with van der Waals surface area (Å²) in [5, 5.41) is 5.31. The summed E-state index contributed by atoms with van der Waals surface area (Å²) in [5.74, 6) is 0. The summed E-state index contributed by atoms with van der Waals surface area (Å²) < 4.78 is 10.8. The monoisotopic (exact) mass is 269 g/mol. The molecular weight excluding hydrogens is 262 g/mol. The van der Waals surface area contributed by atoms with E-state index in [4.69, 9.17) is 0 Å². The summed E-state index contributed by atoms with van der Waals surface area (Å²) in [6.07, 6.45) is 0. The van der Waals surface area contributed by atoms with Crippen molar-refractivity contribution >= 4 is 43.4 Å². The minimum Gasteiger partial charge on any atom is -0.191 e. The van der Waals surface area contributed by atoms with E-state index in [9.17, 15) is 0 Å². The van der Waals surface area contributed by atoms with E-state index in [1.54, 1.807) is 0 Å². The molecule has 2 aromatic heterocycles. The van der Waals surface area contributed by atoms with E-state index in [1.165, 1.54) is 33.2 Å². The Morgan fingerprint density at radius 2 is 1.83 bits per heavy atom. The molecule has 0 aliphatic carbocycles. The van der Waals surface area contributed by atoms with Gasteiger partial charge in [-0.3, -0.25) is 0 Å². The molecule has 0 amide bonds. The quantitative estimate of drug-likeness (QED) is 0.525. The minimum absolute atomic E-state index is 0.939. The van der Waals surface area contributed by atoms with Gasteiger partial charge in [-0.25, -0.2) is 0 Å². The normalized spacial score (nSPS) is 11.3. The highest BCUT2D eigenvalue weighted by atomic mass is 32.1. The maximum absolute atomic E-state index is 4.55. The highest BCUT2D eigenvalue weighted by Gasteiger charge is 2.09. The molecule has 5 heteroatoms. The van der Waals surface area contributed by atoms with Gasteiger partial charge in [-0.05, 0) is 41.3 Å². The average Bonchev–Trinajstić information content (AvgIpc) is 3.04. The van der Waals surface area contributed by atoms with Crippen LogP contribution in [-0.2, 0) is 0 Å². The molecule has 0 aliphatic rings. The molecule has 2 aromatic carbocycles. The molecule has 0 saturated carbocycles. The first-order chi connectivity index (χ1) is 8.92. The van der Waals surface area contributed by atoms with E-state index < -0.39 is 0 Å². The zero-order valence-electron chi connectivity index (χ0n) is 9.20. The predicted molar refractivity (Wildman–Crippen MR) is 76.0 cm³/mol. The third-order valence-corrected chi connectivity index (χ3v) is 4.43. The molecule has 3 nitrogen and oxygen atoms in total. The predicted octanol–water partition coefficient (Wildman–Crippen LogP) is 3.97. The van der Waals surface area contributed by atoms with Crippen LogP contribution in [0.15, 0.2) is 42.5 Å². The van der Waals surface area contributed by atoms with E-state index in [-0.39, 0.29) is 0 Å². The summed E-state index contributed by atoms with van der Waals surface area (Å²) in [7, 11) is 0. The van der Waals surface area contributed by atoms with Crippen LogP contribution in [0.25, 0.3) is 31.6 Å². The lowest BCUT2D eigenvalue weighted by atomic mass is 10.1. The van der Waals surface area contributed by atoms with Crippen molar-refractivity contribution in [3.63, 3.8) is 0 Å². The fraction of sp³-hybridized carbons (Fsp3) is 0. The lowest BCUT2D eigenvalue weighted by molar-refractivity contribution is 1.20. The SMILES string of the molecule is c1ccc2c(-c3ccc4snnc4c3)nsc2c1. The Balaban J connectivity index is 2.00. The van der Waals surface area contributed by atoms with E-state index in [1.807, 2.05) is 12.1 Å². The minimum atomic E-state index is 0.939. The smallest absolute Gasteiger partial charge is 0.106 e. The molecule has 0 bridgehead atoms. The number of benzene rings is 2. The first-order valence-electron chi connectivity index (χ1n) is 5.49. The molecule has 0 saturated heterocycles. The molecule has 4 rings (SSSR count). The molecule has 0 N–H and O–H groups in total. The van der Waals surface area contributed by atoms with Gasteiger partial charge >= 0.3 is 0 Å². The molecule has 0 atom stereocenters. The second-order valence-corrected chi connectivity index (χ2v) is 5.57. The number of nitrogens with zero attached hydrogens (tertiary/aromatic N) is 3. The standard InChI is InChI=1S/C13H7N3S2/c1-2-4-11-9(3-1)13(15-17-11)8-5-6-12-10(7-8)14-16-18-12/h1-7H. The van der Waals surface area contributed by atoms with Gasteiger partial charge in [0.2, 0.25) is 0 Å². The molecule has 4 aromatic rings. The van der Waals surface area contributed by atoms with Crippen LogP contribution in [0, 0.1) is 0 Å². The fourth-order valence-electron chi connectivity index (χ4n) is 2.02. The van der Waals surface area contributed by atoms with Gasteiger partial charge in [-0.15, -0.1) is 5.10 Å². The summed E-state index contributed by atoms with van der Waals surface area (Å²) in [6, 6.07) is 14.5. The molecule has 0 aliphatic heterocycles. The second-order valence-electron chi connectivity index (χ2n) is 3.98. The molecule has 2 heterocycles. The van der Waals surface area contributed by atoms with Gasteiger partial charge in [0.25, 0.3) is 0 Å². The van der Waals surface area contributed by atoms with Gasteiger partial charge < -0.3 is 0 Å². The maximum Gasteiger partial charge on any atom is 0.106 e. The van der Waals surface area contributed by atoms with Gasteiger partial charge in [0.1, 0.15) is 5.52 Å². The Bertz CT molecular complexity index is 847.